The maximum absolute atomic E-state index is 11.5. The predicted molar refractivity (Wildman–Crippen MR) is 74.5 cm³/mol. The van der Waals surface area contributed by atoms with Crippen LogP contribution in [0, 0.1) is 6.92 Å². The van der Waals surface area contributed by atoms with Gasteiger partial charge in [-0.3, -0.25) is 0 Å². The standard InChI is InChI=1S/C16H16O3/c1-11-6-4-5-7-13(11)14-9-8-12(16(17)19-3)10-15(14)18-2/h4-10H,1-3H3. The number of carbonyl (C=O) groups is 1. The highest BCUT2D eigenvalue weighted by Crippen LogP contribution is 2.32. The smallest absolute Gasteiger partial charge is 0.337 e. The number of ether oxygens (including phenoxy) is 2. The van der Waals surface area contributed by atoms with Crippen LogP contribution in [0.15, 0.2) is 42.5 Å². The van der Waals surface area contributed by atoms with E-state index in [4.69, 9.17) is 9.47 Å². The van der Waals surface area contributed by atoms with Gasteiger partial charge in [0.1, 0.15) is 5.75 Å². The van der Waals surface area contributed by atoms with Crippen LogP contribution >= 0.6 is 0 Å². The predicted octanol–water partition coefficient (Wildman–Crippen LogP) is 3.46. The van der Waals surface area contributed by atoms with E-state index in [0.29, 0.717) is 11.3 Å². The highest BCUT2D eigenvalue weighted by atomic mass is 16.5. The van der Waals surface area contributed by atoms with Gasteiger partial charge in [-0.15, -0.1) is 0 Å². The summed E-state index contributed by atoms with van der Waals surface area (Å²) in [7, 11) is 2.96. The normalized spacial score (nSPS) is 10.1. The molecular formula is C16H16O3. The Bertz CT molecular complexity index is 603. The third kappa shape index (κ3) is 2.60. The molecule has 2 aromatic carbocycles. The van der Waals surface area contributed by atoms with Gasteiger partial charge < -0.3 is 9.47 Å². The summed E-state index contributed by atoms with van der Waals surface area (Å²) in [5, 5.41) is 0. The first-order valence-corrected chi connectivity index (χ1v) is 5.99. The first-order valence-electron chi connectivity index (χ1n) is 5.99. The Morgan fingerprint density at radius 2 is 1.74 bits per heavy atom. The summed E-state index contributed by atoms with van der Waals surface area (Å²) in [4.78, 5) is 11.5. The van der Waals surface area contributed by atoms with E-state index in [0.717, 1.165) is 16.7 Å². The van der Waals surface area contributed by atoms with Crippen LogP contribution in [0.1, 0.15) is 15.9 Å². The first kappa shape index (κ1) is 13.1. The molecule has 2 rings (SSSR count). The number of methoxy groups -OCH3 is 2. The average molecular weight is 256 g/mol. The van der Waals surface area contributed by atoms with Crippen molar-refractivity contribution >= 4 is 5.97 Å². The van der Waals surface area contributed by atoms with E-state index in [-0.39, 0.29) is 5.97 Å². The molecular weight excluding hydrogens is 240 g/mol. The Labute approximate surface area is 112 Å². The van der Waals surface area contributed by atoms with Gasteiger partial charge in [-0.25, -0.2) is 4.79 Å². The fourth-order valence-corrected chi connectivity index (χ4v) is 2.03. The molecule has 0 saturated carbocycles. The molecule has 0 saturated heterocycles. The van der Waals surface area contributed by atoms with Gasteiger partial charge in [0.25, 0.3) is 0 Å². The van der Waals surface area contributed by atoms with Crippen molar-refractivity contribution < 1.29 is 14.3 Å². The fourth-order valence-electron chi connectivity index (χ4n) is 2.03. The first-order chi connectivity index (χ1) is 9.17. The highest BCUT2D eigenvalue weighted by molar-refractivity contribution is 5.91. The zero-order chi connectivity index (χ0) is 13.8. The molecule has 0 aliphatic carbocycles. The molecule has 3 nitrogen and oxygen atoms in total. The van der Waals surface area contributed by atoms with Crippen molar-refractivity contribution in [2.45, 2.75) is 6.92 Å². The SMILES string of the molecule is COC(=O)c1ccc(-c2ccccc2C)c(OC)c1. The van der Waals surface area contributed by atoms with Gasteiger partial charge in [0.2, 0.25) is 0 Å². The van der Waals surface area contributed by atoms with Gasteiger partial charge in [0, 0.05) is 5.56 Å². The molecule has 0 aliphatic rings. The van der Waals surface area contributed by atoms with Gasteiger partial charge in [0.05, 0.1) is 19.8 Å². The fraction of sp³-hybridized carbons (Fsp3) is 0.188. The Balaban J connectivity index is 2.53. The van der Waals surface area contributed by atoms with Crippen molar-refractivity contribution in [1.82, 2.24) is 0 Å². The molecule has 0 unspecified atom stereocenters. The number of esters is 1. The lowest BCUT2D eigenvalue weighted by molar-refractivity contribution is 0.0600. The van der Waals surface area contributed by atoms with Crippen molar-refractivity contribution in [3.63, 3.8) is 0 Å². The van der Waals surface area contributed by atoms with Gasteiger partial charge in [-0.05, 0) is 36.2 Å². The minimum atomic E-state index is -0.366. The minimum Gasteiger partial charge on any atom is -0.496 e. The molecule has 0 aliphatic heterocycles. The summed E-state index contributed by atoms with van der Waals surface area (Å²) in [5.41, 5.74) is 3.70. The maximum Gasteiger partial charge on any atom is 0.337 e. The highest BCUT2D eigenvalue weighted by Gasteiger charge is 2.12. The second-order valence-electron chi connectivity index (χ2n) is 4.22. The van der Waals surface area contributed by atoms with Gasteiger partial charge in [-0.2, -0.15) is 0 Å². The van der Waals surface area contributed by atoms with Crippen molar-refractivity contribution in [2.24, 2.45) is 0 Å². The lowest BCUT2D eigenvalue weighted by Gasteiger charge is -2.12. The van der Waals surface area contributed by atoms with Crippen LogP contribution in [-0.2, 0) is 4.74 Å². The average Bonchev–Trinajstić information content (AvgIpc) is 2.46. The zero-order valence-electron chi connectivity index (χ0n) is 11.3. The molecule has 19 heavy (non-hydrogen) atoms. The lowest BCUT2D eigenvalue weighted by atomic mass is 9.98. The summed E-state index contributed by atoms with van der Waals surface area (Å²) >= 11 is 0. The maximum atomic E-state index is 11.5. The number of rotatable bonds is 3. The second kappa shape index (κ2) is 5.57. The van der Waals surface area contributed by atoms with Crippen LogP contribution in [0.2, 0.25) is 0 Å². The number of hydrogen-bond acceptors (Lipinski definition) is 3. The van der Waals surface area contributed by atoms with Crippen molar-refractivity contribution in [3.05, 3.63) is 53.6 Å². The minimum absolute atomic E-state index is 0.366. The van der Waals surface area contributed by atoms with E-state index >= 15 is 0 Å². The number of aryl methyl sites for hydroxylation is 1. The van der Waals surface area contributed by atoms with E-state index in [2.05, 4.69) is 0 Å². The molecule has 0 atom stereocenters. The molecule has 0 bridgehead atoms. The Morgan fingerprint density at radius 3 is 2.37 bits per heavy atom. The van der Waals surface area contributed by atoms with Crippen molar-refractivity contribution in [3.8, 4) is 16.9 Å². The summed E-state index contributed by atoms with van der Waals surface area (Å²) in [6.45, 7) is 2.04. The second-order valence-corrected chi connectivity index (χ2v) is 4.22. The molecule has 3 heteroatoms. The molecule has 2 aromatic rings. The van der Waals surface area contributed by atoms with E-state index in [9.17, 15) is 4.79 Å². The molecule has 0 spiro atoms. The Morgan fingerprint density at radius 1 is 1.00 bits per heavy atom. The van der Waals surface area contributed by atoms with E-state index in [1.54, 1.807) is 19.2 Å². The molecule has 0 fully saturated rings. The third-order valence-corrected chi connectivity index (χ3v) is 3.06. The zero-order valence-corrected chi connectivity index (χ0v) is 11.3. The summed E-state index contributed by atoms with van der Waals surface area (Å²) in [6.07, 6.45) is 0. The van der Waals surface area contributed by atoms with E-state index in [1.807, 2.05) is 37.3 Å². The molecule has 0 N–H and O–H groups in total. The third-order valence-electron chi connectivity index (χ3n) is 3.06. The molecule has 98 valence electrons. The number of carbonyl (C=O) groups excluding carboxylic acids is 1. The molecule has 0 heterocycles. The van der Waals surface area contributed by atoms with E-state index in [1.165, 1.54) is 7.11 Å². The van der Waals surface area contributed by atoms with Crippen molar-refractivity contribution in [1.29, 1.82) is 0 Å². The Hall–Kier alpha value is -2.29. The van der Waals surface area contributed by atoms with Gasteiger partial charge in [-0.1, -0.05) is 24.3 Å². The summed E-state index contributed by atoms with van der Waals surface area (Å²) < 4.78 is 10.1. The van der Waals surface area contributed by atoms with Crippen LogP contribution < -0.4 is 4.74 Å². The quantitative estimate of drug-likeness (QED) is 0.789. The lowest BCUT2D eigenvalue weighted by Crippen LogP contribution is -2.02. The van der Waals surface area contributed by atoms with Crippen LogP contribution in [-0.4, -0.2) is 20.2 Å². The number of hydrogen-bond donors (Lipinski definition) is 0. The number of benzene rings is 2. The molecule has 0 radical (unpaired) electrons. The molecule has 0 amide bonds. The van der Waals surface area contributed by atoms with Crippen LogP contribution in [0.4, 0.5) is 0 Å². The van der Waals surface area contributed by atoms with Crippen LogP contribution in [0.3, 0.4) is 0 Å². The van der Waals surface area contributed by atoms with Crippen LogP contribution in [0.25, 0.3) is 11.1 Å². The monoisotopic (exact) mass is 256 g/mol. The van der Waals surface area contributed by atoms with E-state index < -0.39 is 0 Å². The molecule has 0 aromatic heterocycles. The topological polar surface area (TPSA) is 35.5 Å². The summed E-state index contributed by atoms with van der Waals surface area (Å²) in [6, 6.07) is 13.4. The Kier molecular flexibility index (Phi) is 3.85. The van der Waals surface area contributed by atoms with Crippen LogP contribution in [0.5, 0.6) is 5.75 Å². The summed E-state index contributed by atoms with van der Waals surface area (Å²) in [5.74, 6) is 0.298. The van der Waals surface area contributed by atoms with Gasteiger partial charge >= 0.3 is 5.97 Å². The van der Waals surface area contributed by atoms with Crippen molar-refractivity contribution in [2.75, 3.05) is 14.2 Å². The van der Waals surface area contributed by atoms with Gasteiger partial charge in [0.15, 0.2) is 0 Å². The largest absolute Gasteiger partial charge is 0.496 e.